The van der Waals surface area contributed by atoms with Gasteiger partial charge in [0.2, 0.25) is 5.91 Å². The molecular weight excluding hydrogens is 308 g/mol. The number of rotatable bonds is 3. The van der Waals surface area contributed by atoms with Crippen LogP contribution in [-0.4, -0.2) is 47.3 Å². The molecule has 3 heterocycles. The van der Waals surface area contributed by atoms with Gasteiger partial charge in [-0.15, -0.1) is 11.3 Å². The molecule has 2 unspecified atom stereocenters. The van der Waals surface area contributed by atoms with Crippen LogP contribution in [-0.2, 0) is 4.79 Å². The molecule has 2 fully saturated rings. The van der Waals surface area contributed by atoms with Crippen molar-refractivity contribution < 1.29 is 9.59 Å². The molecule has 5 heteroatoms. The van der Waals surface area contributed by atoms with Crippen LogP contribution in [0.3, 0.4) is 0 Å². The van der Waals surface area contributed by atoms with Gasteiger partial charge in [-0.3, -0.25) is 9.59 Å². The molecule has 2 saturated heterocycles. The number of nitrogens with zero attached hydrogens (tertiary/aromatic N) is 2. The van der Waals surface area contributed by atoms with Crippen molar-refractivity contribution in [3.63, 3.8) is 0 Å². The standard InChI is InChI=1S/C18H26N2O2S/c1-2-15-8-3-4-11-20(15)17(21)14-7-5-10-19(13-14)18(22)16-9-6-12-23-16/h6,9,12,14-15H,2-5,7-8,10-11,13H2,1H3. The topological polar surface area (TPSA) is 40.6 Å². The smallest absolute Gasteiger partial charge is 0.263 e. The molecule has 2 atom stereocenters. The Labute approximate surface area is 142 Å². The Balaban J connectivity index is 1.65. The number of piperidine rings is 2. The van der Waals surface area contributed by atoms with Crippen molar-refractivity contribution >= 4 is 23.2 Å². The van der Waals surface area contributed by atoms with Crippen molar-refractivity contribution in [1.82, 2.24) is 9.80 Å². The number of thiophene rings is 1. The van der Waals surface area contributed by atoms with E-state index < -0.39 is 0 Å². The number of carbonyl (C=O) groups excluding carboxylic acids is 2. The normalized spacial score (nSPS) is 25.4. The van der Waals surface area contributed by atoms with Crippen LogP contribution in [0.4, 0.5) is 0 Å². The monoisotopic (exact) mass is 334 g/mol. The second-order valence-electron chi connectivity index (χ2n) is 6.66. The number of hydrogen-bond acceptors (Lipinski definition) is 3. The number of amides is 2. The van der Waals surface area contributed by atoms with E-state index in [1.807, 2.05) is 22.4 Å². The first kappa shape index (κ1) is 16.5. The molecule has 3 rings (SSSR count). The van der Waals surface area contributed by atoms with Gasteiger partial charge in [-0.05, 0) is 50.0 Å². The summed E-state index contributed by atoms with van der Waals surface area (Å²) in [6.07, 6.45) is 6.37. The Kier molecular flexibility index (Phi) is 5.36. The highest BCUT2D eigenvalue weighted by Crippen LogP contribution is 2.26. The highest BCUT2D eigenvalue weighted by Gasteiger charge is 2.34. The molecule has 0 radical (unpaired) electrons. The molecule has 0 aliphatic carbocycles. The lowest BCUT2D eigenvalue weighted by Gasteiger charge is -2.40. The lowest BCUT2D eigenvalue weighted by Crippen LogP contribution is -2.50. The first-order chi connectivity index (χ1) is 11.2. The van der Waals surface area contributed by atoms with Gasteiger partial charge in [-0.1, -0.05) is 13.0 Å². The fourth-order valence-electron chi connectivity index (χ4n) is 3.87. The van der Waals surface area contributed by atoms with Gasteiger partial charge in [0, 0.05) is 25.7 Å². The first-order valence-electron chi connectivity index (χ1n) is 8.84. The molecule has 1 aromatic heterocycles. The first-order valence-corrected chi connectivity index (χ1v) is 9.72. The van der Waals surface area contributed by atoms with E-state index in [0.717, 1.165) is 50.1 Å². The maximum absolute atomic E-state index is 13.0. The minimum absolute atomic E-state index is 0.0141. The van der Waals surface area contributed by atoms with Crippen molar-refractivity contribution in [1.29, 1.82) is 0 Å². The van der Waals surface area contributed by atoms with Crippen LogP contribution in [0.15, 0.2) is 17.5 Å². The third-order valence-electron chi connectivity index (χ3n) is 5.17. The quantitative estimate of drug-likeness (QED) is 0.850. The average molecular weight is 334 g/mol. The van der Waals surface area contributed by atoms with Crippen LogP contribution in [0.5, 0.6) is 0 Å². The SMILES string of the molecule is CCC1CCCCN1C(=O)C1CCCN(C(=O)c2cccs2)C1. The predicted molar refractivity (Wildman–Crippen MR) is 92.6 cm³/mol. The van der Waals surface area contributed by atoms with Crippen molar-refractivity contribution in [2.24, 2.45) is 5.92 Å². The zero-order chi connectivity index (χ0) is 16.2. The van der Waals surface area contributed by atoms with Crippen LogP contribution in [0.2, 0.25) is 0 Å². The molecule has 2 amide bonds. The number of hydrogen-bond donors (Lipinski definition) is 0. The summed E-state index contributed by atoms with van der Waals surface area (Å²) in [5.74, 6) is 0.350. The minimum atomic E-state index is -0.0141. The highest BCUT2D eigenvalue weighted by atomic mass is 32.1. The average Bonchev–Trinajstić information content (AvgIpc) is 3.15. The van der Waals surface area contributed by atoms with Crippen molar-refractivity contribution in [2.75, 3.05) is 19.6 Å². The van der Waals surface area contributed by atoms with Crippen LogP contribution in [0.1, 0.15) is 55.1 Å². The highest BCUT2D eigenvalue weighted by molar-refractivity contribution is 7.12. The van der Waals surface area contributed by atoms with Crippen LogP contribution < -0.4 is 0 Å². The molecule has 0 aromatic carbocycles. The molecule has 23 heavy (non-hydrogen) atoms. The van der Waals surface area contributed by atoms with E-state index in [-0.39, 0.29) is 17.7 Å². The van der Waals surface area contributed by atoms with Crippen LogP contribution >= 0.6 is 11.3 Å². The molecule has 4 nitrogen and oxygen atoms in total. The summed E-state index contributed by atoms with van der Waals surface area (Å²) >= 11 is 1.48. The molecule has 2 aliphatic heterocycles. The molecule has 126 valence electrons. The molecule has 0 bridgehead atoms. The van der Waals surface area contributed by atoms with E-state index >= 15 is 0 Å². The Bertz CT molecular complexity index is 543. The summed E-state index contributed by atoms with van der Waals surface area (Å²) < 4.78 is 0. The zero-order valence-electron chi connectivity index (χ0n) is 13.9. The lowest BCUT2D eigenvalue weighted by atomic mass is 9.92. The summed E-state index contributed by atoms with van der Waals surface area (Å²) in [5, 5.41) is 1.93. The molecule has 2 aliphatic rings. The second-order valence-corrected chi connectivity index (χ2v) is 7.60. The van der Waals surface area contributed by atoms with Crippen LogP contribution in [0, 0.1) is 5.92 Å². The lowest BCUT2D eigenvalue weighted by molar-refractivity contribution is -0.140. The summed E-state index contributed by atoms with van der Waals surface area (Å²) in [6, 6.07) is 4.18. The third-order valence-corrected chi connectivity index (χ3v) is 6.03. The van der Waals surface area contributed by atoms with Gasteiger partial charge in [0.15, 0.2) is 0 Å². The van der Waals surface area contributed by atoms with Gasteiger partial charge in [-0.2, -0.15) is 0 Å². The molecule has 0 spiro atoms. The fraction of sp³-hybridized carbons (Fsp3) is 0.667. The number of carbonyl (C=O) groups is 2. The van der Waals surface area contributed by atoms with Gasteiger partial charge in [-0.25, -0.2) is 0 Å². The van der Waals surface area contributed by atoms with Crippen molar-refractivity contribution in [3.8, 4) is 0 Å². The minimum Gasteiger partial charge on any atom is -0.339 e. The molecule has 1 aromatic rings. The van der Waals surface area contributed by atoms with E-state index in [1.54, 1.807) is 0 Å². The van der Waals surface area contributed by atoms with Gasteiger partial charge in [0.1, 0.15) is 0 Å². The fourth-order valence-corrected chi connectivity index (χ4v) is 4.56. The predicted octanol–water partition coefficient (Wildman–Crippen LogP) is 3.39. The maximum Gasteiger partial charge on any atom is 0.263 e. The second kappa shape index (κ2) is 7.47. The zero-order valence-corrected chi connectivity index (χ0v) is 14.7. The van der Waals surface area contributed by atoms with Crippen molar-refractivity contribution in [3.05, 3.63) is 22.4 Å². The van der Waals surface area contributed by atoms with Gasteiger partial charge in [0.05, 0.1) is 10.8 Å². The van der Waals surface area contributed by atoms with E-state index in [1.165, 1.54) is 17.8 Å². The maximum atomic E-state index is 13.0. The third kappa shape index (κ3) is 3.60. The largest absolute Gasteiger partial charge is 0.339 e. The van der Waals surface area contributed by atoms with E-state index in [2.05, 4.69) is 11.8 Å². The number of likely N-dealkylation sites (tertiary alicyclic amines) is 2. The Morgan fingerprint density at radius 1 is 1.22 bits per heavy atom. The Morgan fingerprint density at radius 3 is 2.83 bits per heavy atom. The Hall–Kier alpha value is -1.36. The van der Waals surface area contributed by atoms with Gasteiger partial charge < -0.3 is 9.80 Å². The van der Waals surface area contributed by atoms with Gasteiger partial charge >= 0.3 is 0 Å². The molecule has 0 N–H and O–H groups in total. The van der Waals surface area contributed by atoms with E-state index in [0.29, 0.717) is 12.6 Å². The Morgan fingerprint density at radius 2 is 2.09 bits per heavy atom. The van der Waals surface area contributed by atoms with E-state index in [4.69, 9.17) is 0 Å². The van der Waals surface area contributed by atoms with Crippen LogP contribution in [0.25, 0.3) is 0 Å². The van der Waals surface area contributed by atoms with Crippen molar-refractivity contribution in [2.45, 2.75) is 51.5 Å². The van der Waals surface area contributed by atoms with E-state index in [9.17, 15) is 9.59 Å². The summed E-state index contributed by atoms with van der Waals surface area (Å²) in [6.45, 7) is 4.43. The van der Waals surface area contributed by atoms with Gasteiger partial charge in [0.25, 0.3) is 5.91 Å². The molecule has 0 saturated carbocycles. The summed E-state index contributed by atoms with van der Waals surface area (Å²) in [7, 11) is 0. The summed E-state index contributed by atoms with van der Waals surface area (Å²) in [5.41, 5.74) is 0. The summed E-state index contributed by atoms with van der Waals surface area (Å²) in [4.78, 5) is 30.3. The molecular formula is C18H26N2O2S.